The monoisotopic (exact) mass is 250 g/mol. The van der Waals surface area contributed by atoms with Crippen LogP contribution in [-0.2, 0) is 0 Å². The van der Waals surface area contributed by atoms with E-state index in [1.54, 1.807) is 13.0 Å². The number of non-ortho nitro benzene ring substituents is 1. The van der Waals surface area contributed by atoms with Gasteiger partial charge in [0.05, 0.1) is 16.0 Å². The van der Waals surface area contributed by atoms with Crippen molar-refractivity contribution in [1.29, 1.82) is 5.26 Å². The first-order valence-corrected chi connectivity index (χ1v) is 5.43. The molecule has 0 bridgehead atoms. The van der Waals surface area contributed by atoms with Crippen molar-refractivity contribution in [3.05, 3.63) is 45.0 Å². The van der Waals surface area contributed by atoms with E-state index in [1.165, 1.54) is 12.1 Å². The van der Waals surface area contributed by atoms with Crippen LogP contribution in [0.5, 0.6) is 0 Å². The average Bonchev–Trinajstić information content (AvgIpc) is 2.30. The van der Waals surface area contributed by atoms with Crippen molar-refractivity contribution in [1.82, 2.24) is 0 Å². The summed E-state index contributed by atoms with van der Waals surface area (Å²) in [5, 5.41) is 19.8. The fourth-order valence-electron chi connectivity index (χ4n) is 1.45. The van der Waals surface area contributed by atoms with Crippen LogP contribution in [0.3, 0.4) is 0 Å². The summed E-state index contributed by atoms with van der Waals surface area (Å²) in [6.45, 7) is 3.57. The molecule has 0 heterocycles. The zero-order valence-electron chi connectivity index (χ0n) is 9.53. The first-order chi connectivity index (χ1) is 8.01. The SMILES string of the molecule is CCC(C#N)=C(Cl)c1ccc([N+](=O)[O-])cc1C. The van der Waals surface area contributed by atoms with Crippen LogP contribution in [0.15, 0.2) is 23.8 Å². The van der Waals surface area contributed by atoms with Crippen molar-refractivity contribution in [2.75, 3.05) is 0 Å². The Morgan fingerprint density at radius 1 is 1.59 bits per heavy atom. The quantitative estimate of drug-likeness (QED) is 0.466. The van der Waals surface area contributed by atoms with Gasteiger partial charge in [0, 0.05) is 17.7 Å². The Morgan fingerprint density at radius 3 is 2.65 bits per heavy atom. The van der Waals surface area contributed by atoms with Crippen LogP contribution in [0, 0.1) is 28.4 Å². The molecule has 0 aliphatic rings. The van der Waals surface area contributed by atoms with Gasteiger partial charge in [-0.2, -0.15) is 5.26 Å². The molecule has 4 nitrogen and oxygen atoms in total. The number of allylic oxidation sites excluding steroid dienone is 1. The van der Waals surface area contributed by atoms with Crippen molar-refractivity contribution in [3.8, 4) is 6.07 Å². The molecule has 17 heavy (non-hydrogen) atoms. The minimum Gasteiger partial charge on any atom is -0.258 e. The highest BCUT2D eigenvalue weighted by molar-refractivity contribution is 6.49. The van der Waals surface area contributed by atoms with Crippen LogP contribution in [-0.4, -0.2) is 4.92 Å². The van der Waals surface area contributed by atoms with E-state index in [9.17, 15) is 10.1 Å². The van der Waals surface area contributed by atoms with Gasteiger partial charge in [-0.05, 0) is 30.5 Å². The van der Waals surface area contributed by atoms with E-state index in [4.69, 9.17) is 16.9 Å². The summed E-state index contributed by atoms with van der Waals surface area (Å²) >= 11 is 6.10. The molecule has 0 atom stereocenters. The number of hydrogen-bond donors (Lipinski definition) is 0. The highest BCUT2D eigenvalue weighted by Gasteiger charge is 2.12. The first kappa shape index (κ1) is 13.2. The lowest BCUT2D eigenvalue weighted by atomic mass is 10.0. The first-order valence-electron chi connectivity index (χ1n) is 5.05. The highest BCUT2D eigenvalue weighted by atomic mass is 35.5. The second kappa shape index (κ2) is 5.46. The lowest BCUT2D eigenvalue weighted by Crippen LogP contribution is -1.92. The van der Waals surface area contributed by atoms with Crippen LogP contribution in [0.1, 0.15) is 24.5 Å². The number of nitriles is 1. The second-order valence-corrected chi connectivity index (χ2v) is 3.89. The van der Waals surface area contributed by atoms with E-state index in [0.717, 1.165) is 0 Å². The Kier molecular flexibility index (Phi) is 4.24. The van der Waals surface area contributed by atoms with Gasteiger partial charge in [-0.3, -0.25) is 10.1 Å². The van der Waals surface area contributed by atoms with Gasteiger partial charge in [-0.15, -0.1) is 0 Å². The summed E-state index contributed by atoms with van der Waals surface area (Å²) in [4.78, 5) is 10.1. The molecule has 0 radical (unpaired) electrons. The van der Waals surface area contributed by atoms with E-state index in [1.807, 2.05) is 13.0 Å². The fraction of sp³-hybridized carbons (Fsp3) is 0.250. The van der Waals surface area contributed by atoms with Crippen molar-refractivity contribution in [2.45, 2.75) is 20.3 Å². The zero-order chi connectivity index (χ0) is 13.0. The third-order valence-corrected chi connectivity index (χ3v) is 2.84. The topological polar surface area (TPSA) is 66.9 Å². The Labute approximate surface area is 104 Å². The maximum absolute atomic E-state index is 10.6. The minimum absolute atomic E-state index is 0.0192. The molecule has 0 saturated carbocycles. The molecule has 0 unspecified atom stereocenters. The molecule has 0 spiro atoms. The number of nitrogens with zero attached hydrogens (tertiary/aromatic N) is 2. The molecule has 1 rings (SSSR count). The molecule has 0 amide bonds. The number of rotatable bonds is 3. The molecule has 0 aliphatic heterocycles. The van der Waals surface area contributed by atoms with Crippen LogP contribution in [0.2, 0.25) is 0 Å². The van der Waals surface area contributed by atoms with Crippen molar-refractivity contribution >= 4 is 22.3 Å². The molecule has 0 aromatic heterocycles. The van der Waals surface area contributed by atoms with Gasteiger partial charge in [0.1, 0.15) is 0 Å². The van der Waals surface area contributed by atoms with E-state index in [0.29, 0.717) is 28.2 Å². The van der Waals surface area contributed by atoms with Crippen LogP contribution >= 0.6 is 11.6 Å². The van der Waals surface area contributed by atoms with Crippen LogP contribution < -0.4 is 0 Å². The molecule has 0 saturated heterocycles. The van der Waals surface area contributed by atoms with Gasteiger partial charge in [-0.25, -0.2) is 0 Å². The lowest BCUT2D eigenvalue weighted by Gasteiger charge is -2.06. The van der Waals surface area contributed by atoms with E-state index >= 15 is 0 Å². The highest BCUT2D eigenvalue weighted by Crippen LogP contribution is 2.29. The Bertz CT molecular complexity index is 530. The summed E-state index contributed by atoms with van der Waals surface area (Å²) in [6, 6.07) is 6.43. The predicted molar refractivity (Wildman–Crippen MR) is 66.5 cm³/mol. The summed E-state index contributed by atoms with van der Waals surface area (Å²) < 4.78 is 0. The predicted octanol–water partition coefficient (Wildman–Crippen LogP) is 3.79. The second-order valence-electron chi connectivity index (χ2n) is 3.51. The molecule has 0 fully saturated rings. The zero-order valence-corrected chi connectivity index (χ0v) is 10.3. The Morgan fingerprint density at radius 2 is 2.24 bits per heavy atom. The smallest absolute Gasteiger partial charge is 0.258 e. The average molecular weight is 251 g/mol. The maximum atomic E-state index is 10.6. The molecule has 5 heteroatoms. The largest absolute Gasteiger partial charge is 0.269 e. The van der Waals surface area contributed by atoms with Crippen molar-refractivity contribution < 1.29 is 4.92 Å². The van der Waals surface area contributed by atoms with Crippen molar-refractivity contribution in [3.63, 3.8) is 0 Å². The molecular formula is C12H11ClN2O2. The van der Waals surface area contributed by atoms with Gasteiger partial charge in [0.2, 0.25) is 0 Å². The Hall–Kier alpha value is -1.86. The molecular weight excluding hydrogens is 240 g/mol. The molecule has 1 aromatic carbocycles. The van der Waals surface area contributed by atoms with E-state index in [2.05, 4.69) is 0 Å². The molecule has 1 aromatic rings. The van der Waals surface area contributed by atoms with Gasteiger partial charge < -0.3 is 0 Å². The van der Waals surface area contributed by atoms with Crippen LogP contribution in [0.25, 0.3) is 5.03 Å². The van der Waals surface area contributed by atoms with E-state index < -0.39 is 4.92 Å². The minimum atomic E-state index is -0.459. The molecule has 88 valence electrons. The van der Waals surface area contributed by atoms with Gasteiger partial charge in [0.15, 0.2) is 0 Å². The summed E-state index contributed by atoms with van der Waals surface area (Å²) in [6.07, 6.45) is 0.533. The van der Waals surface area contributed by atoms with Gasteiger partial charge in [-0.1, -0.05) is 18.5 Å². The third-order valence-electron chi connectivity index (χ3n) is 2.41. The number of nitro groups is 1. The van der Waals surface area contributed by atoms with Crippen molar-refractivity contribution in [2.24, 2.45) is 0 Å². The number of benzene rings is 1. The standard InChI is InChI=1S/C12H11ClN2O2/c1-3-9(7-14)12(13)11-5-4-10(15(16)17)6-8(11)2/h4-6H,3H2,1-2H3. The van der Waals surface area contributed by atoms with E-state index in [-0.39, 0.29) is 5.69 Å². The lowest BCUT2D eigenvalue weighted by molar-refractivity contribution is -0.384. The summed E-state index contributed by atoms with van der Waals surface area (Å²) in [7, 11) is 0. The number of halogens is 1. The van der Waals surface area contributed by atoms with Crippen LogP contribution in [0.4, 0.5) is 5.69 Å². The maximum Gasteiger partial charge on any atom is 0.269 e. The number of hydrogen-bond acceptors (Lipinski definition) is 3. The van der Waals surface area contributed by atoms with Gasteiger partial charge in [0.25, 0.3) is 5.69 Å². The normalized spacial score (nSPS) is 11.6. The third kappa shape index (κ3) is 2.83. The fourth-order valence-corrected chi connectivity index (χ4v) is 1.84. The summed E-state index contributed by atoms with van der Waals surface area (Å²) in [5.41, 5.74) is 1.84. The molecule has 0 N–H and O–H groups in total. The Balaban J connectivity index is 3.31. The molecule has 0 aliphatic carbocycles. The van der Waals surface area contributed by atoms with Gasteiger partial charge >= 0.3 is 0 Å². The summed E-state index contributed by atoms with van der Waals surface area (Å²) in [5.74, 6) is 0. The number of nitro benzene ring substituents is 1. The number of aryl methyl sites for hydroxylation is 1.